The van der Waals surface area contributed by atoms with Crippen molar-refractivity contribution < 1.29 is 14.5 Å². The number of fused-ring (bicyclic) bond motifs is 1. The molecule has 0 bridgehead atoms. The standard InChI is InChI=1S/C13H12N4O3/c18-10-4-1-8(2-5-10)13(19)15-14-9-3-6-11-12(7-9)17-20-16-11/h1-2,4-5,18H,3,6-7H2,(H,15,19)/p-1. The minimum atomic E-state index is -0.346. The van der Waals surface area contributed by atoms with Crippen LogP contribution in [0.3, 0.4) is 0 Å². The molecule has 1 aromatic carbocycles. The van der Waals surface area contributed by atoms with Crippen LogP contribution in [0.25, 0.3) is 0 Å². The molecule has 0 spiro atoms. The fraction of sp³-hybridized carbons (Fsp3) is 0.231. The highest BCUT2D eigenvalue weighted by Crippen LogP contribution is 2.15. The van der Waals surface area contributed by atoms with Crippen molar-refractivity contribution in [2.24, 2.45) is 5.10 Å². The highest BCUT2D eigenvalue weighted by atomic mass is 16.6. The molecule has 1 aliphatic carbocycles. The van der Waals surface area contributed by atoms with Gasteiger partial charge in [0.05, 0.1) is 0 Å². The number of amides is 1. The molecule has 1 aromatic heterocycles. The second-order valence-corrected chi connectivity index (χ2v) is 4.48. The Balaban J connectivity index is 1.66. The predicted molar refractivity (Wildman–Crippen MR) is 67.1 cm³/mol. The van der Waals surface area contributed by atoms with Gasteiger partial charge in [-0.2, -0.15) is 5.10 Å². The SMILES string of the molecule is O=C(NN=C1CCc2nonc2C1)c1ccc([O-])cc1. The van der Waals surface area contributed by atoms with Crippen LogP contribution in [-0.2, 0) is 12.8 Å². The number of aromatic nitrogens is 2. The van der Waals surface area contributed by atoms with E-state index in [1.807, 2.05) is 0 Å². The number of rotatable bonds is 2. The van der Waals surface area contributed by atoms with Crippen LogP contribution in [0.4, 0.5) is 0 Å². The zero-order chi connectivity index (χ0) is 13.9. The van der Waals surface area contributed by atoms with E-state index in [0.29, 0.717) is 24.8 Å². The van der Waals surface area contributed by atoms with E-state index < -0.39 is 0 Å². The Morgan fingerprint density at radius 3 is 2.75 bits per heavy atom. The largest absolute Gasteiger partial charge is 0.872 e. The van der Waals surface area contributed by atoms with Crippen LogP contribution < -0.4 is 10.5 Å². The van der Waals surface area contributed by atoms with E-state index in [2.05, 4.69) is 25.5 Å². The van der Waals surface area contributed by atoms with Crippen molar-refractivity contribution in [1.29, 1.82) is 0 Å². The summed E-state index contributed by atoms with van der Waals surface area (Å²) in [6.45, 7) is 0. The maximum Gasteiger partial charge on any atom is 0.271 e. The van der Waals surface area contributed by atoms with Crippen molar-refractivity contribution >= 4 is 11.6 Å². The fourth-order valence-corrected chi connectivity index (χ4v) is 1.99. The van der Waals surface area contributed by atoms with Gasteiger partial charge in [-0.15, -0.1) is 5.75 Å². The zero-order valence-corrected chi connectivity index (χ0v) is 10.5. The van der Waals surface area contributed by atoms with Crippen LogP contribution in [0.5, 0.6) is 5.75 Å². The number of nitrogens with one attached hydrogen (secondary N) is 1. The second kappa shape index (κ2) is 5.12. The molecule has 7 heteroatoms. The Kier molecular flexibility index (Phi) is 3.16. The lowest BCUT2D eigenvalue weighted by atomic mass is 9.99. The number of hydrazone groups is 1. The molecule has 0 saturated carbocycles. The van der Waals surface area contributed by atoms with Crippen LogP contribution >= 0.6 is 0 Å². The lowest BCUT2D eigenvalue weighted by Gasteiger charge is -2.10. The van der Waals surface area contributed by atoms with Crippen LogP contribution in [0.1, 0.15) is 28.2 Å². The number of carbonyl (C=O) groups excluding carboxylic acids is 1. The van der Waals surface area contributed by atoms with Gasteiger partial charge in [0, 0.05) is 24.1 Å². The molecule has 1 heterocycles. The first kappa shape index (κ1) is 12.3. The first-order valence-electron chi connectivity index (χ1n) is 6.15. The summed E-state index contributed by atoms with van der Waals surface area (Å²) in [7, 11) is 0. The van der Waals surface area contributed by atoms with Crippen LogP contribution in [0.2, 0.25) is 0 Å². The van der Waals surface area contributed by atoms with E-state index in [4.69, 9.17) is 0 Å². The highest BCUT2D eigenvalue weighted by molar-refractivity contribution is 5.96. The molecule has 0 saturated heterocycles. The van der Waals surface area contributed by atoms with Gasteiger partial charge in [0.15, 0.2) is 0 Å². The Morgan fingerprint density at radius 1 is 1.20 bits per heavy atom. The fourth-order valence-electron chi connectivity index (χ4n) is 1.99. The number of carbonyl (C=O) groups is 1. The van der Waals surface area contributed by atoms with E-state index in [0.717, 1.165) is 17.1 Å². The third kappa shape index (κ3) is 2.51. The van der Waals surface area contributed by atoms with Gasteiger partial charge >= 0.3 is 0 Å². The van der Waals surface area contributed by atoms with E-state index in [9.17, 15) is 9.90 Å². The molecule has 0 fully saturated rings. The van der Waals surface area contributed by atoms with E-state index in [1.54, 1.807) is 0 Å². The molecule has 0 aliphatic heterocycles. The van der Waals surface area contributed by atoms with Gasteiger partial charge < -0.3 is 5.11 Å². The zero-order valence-electron chi connectivity index (χ0n) is 10.5. The molecule has 1 amide bonds. The number of hydrogen-bond donors (Lipinski definition) is 1. The smallest absolute Gasteiger partial charge is 0.271 e. The Labute approximate surface area is 114 Å². The van der Waals surface area contributed by atoms with E-state index in [1.165, 1.54) is 24.3 Å². The summed E-state index contributed by atoms with van der Waals surface area (Å²) in [5.41, 5.74) is 5.31. The molecular weight excluding hydrogens is 260 g/mol. The first-order valence-corrected chi connectivity index (χ1v) is 6.15. The quantitative estimate of drug-likeness (QED) is 0.797. The summed E-state index contributed by atoms with van der Waals surface area (Å²) in [5, 5.41) is 22.6. The lowest BCUT2D eigenvalue weighted by Crippen LogP contribution is -2.22. The molecule has 102 valence electrons. The van der Waals surface area contributed by atoms with E-state index in [-0.39, 0.29) is 11.7 Å². The second-order valence-electron chi connectivity index (χ2n) is 4.48. The summed E-state index contributed by atoms with van der Waals surface area (Å²) >= 11 is 0. The third-order valence-corrected chi connectivity index (χ3v) is 3.09. The average Bonchev–Trinajstić information content (AvgIpc) is 2.93. The van der Waals surface area contributed by atoms with Gasteiger partial charge in [-0.1, -0.05) is 34.6 Å². The first-order chi connectivity index (χ1) is 9.72. The molecule has 3 rings (SSSR count). The van der Waals surface area contributed by atoms with Gasteiger partial charge in [-0.05, 0) is 6.42 Å². The lowest BCUT2D eigenvalue weighted by molar-refractivity contribution is -0.268. The molecule has 1 N–H and O–H groups in total. The number of aryl methyl sites for hydroxylation is 1. The van der Waals surface area contributed by atoms with Crippen molar-refractivity contribution in [1.82, 2.24) is 15.7 Å². The minimum Gasteiger partial charge on any atom is -0.872 e. The molecule has 1 aliphatic rings. The Hall–Kier alpha value is -2.70. The normalized spacial score (nSPS) is 15.9. The number of benzene rings is 1. The topological polar surface area (TPSA) is 103 Å². The molecule has 7 nitrogen and oxygen atoms in total. The maximum atomic E-state index is 11.8. The Bertz CT molecular complexity index is 661. The molecule has 0 unspecified atom stereocenters. The monoisotopic (exact) mass is 271 g/mol. The van der Waals surface area contributed by atoms with Gasteiger partial charge in [-0.25, -0.2) is 10.1 Å². The number of hydrogen-bond acceptors (Lipinski definition) is 6. The van der Waals surface area contributed by atoms with Gasteiger partial charge in [0.1, 0.15) is 11.4 Å². The Morgan fingerprint density at radius 2 is 1.95 bits per heavy atom. The van der Waals surface area contributed by atoms with E-state index >= 15 is 0 Å². The van der Waals surface area contributed by atoms with Crippen molar-refractivity contribution in [3.8, 4) is 5.75 Å². The van der Waals surface area contributed by atoms with Crippen molar-refractivity contribution in [3.63, 3.8) is 0 Å². The number of nitrogens with zero attached hydrogens (tertiary/aromatic N) is 3. The summed E-state index contributed by atoms with van der Waals surface area (Å²) in [6.07, 6.45) is 1.94. The maximum absolute atomic E-state index is 11.8. The predicted octanol–water partition coefficient (Wildman–Crippen LogP) is 0.418. The summed E-state index contributed by atoms with van der Waals surface area (Å²) in [5.74, 6) is -0.479. The molecular formula is C13H11N4O3-. The van der Waals surface area contributed by atoms with Gasteiger partial charge in [-0.3, -0.25) is 4.79 Å². The molecule has 20 heavy (non-hydrogen) atoms. The van der Waals surface area contributed by atoms with Crippen LogP contribution in [-0.4, -0.2) is 21.9 Å². The van der Waals surface area contributed by atoms with Crippen molar-refractivity contribution in [2.45, 2.75) is 19.3 Å². The minimum absolute atomic E-state index is 0.133. The van der Waals surface area contributed by atoms with Gasteiger partial charge in [0.25, 0.3) is 5.91 Å². The van der Waals surface area contributed by atoms with Crippen LogP contribution in [0, 0.1) is 0 Å². The molecule has 0 atom stereocenters. The average molecular weight is 271 g/mol. The van der Waals surface area contributed by atoms with Crippen molar-refractivity contribution in [2.75, 3.05) is 0 Å². The summed E-state index contributed by atoms with van der Waals surface area (Å²) in [4.78, 5) is 11.8. The van der Waals surface area contributed by atoms with Crippen LogP contribution in [0.15, 0.2) is 34.0 Å². The summed E-state index contributed by atoms with van der Waals surface area (Å²) < 4.78 is 4.65. The molecule has 2 aromatic rings. The summed E-state index contributed by atoms with van der Waals surface area (Å²) in [6, 6.07) is 5.63. The molecule has 0 radical (unpaired) electrons. The highest BCUT2D eigenvalue weighted by Gasteiger charge is 2.19. The van der Waals surface area contributed by atoms with Crippen molar-refractivity contribution in [3.05, 3.63) is 41.2 Å². The van der Waals surface area contributed by atoms with Gasteiger partial charge in [0.2, 0.25) is 0 Å². The third-order valence-electron chi connectivity index (χ3n) is 3.09.